The summed E-state index contributed by atoms with van der Waals surface area (Å²) in [6.45, 7) is 0. The van der Waals surface area contributed by atoms with Crippen LogP contribution < -0.4 is 0 Å². The normalized spacial score (nSPS) is 10.8. The van der Waals surface area contributed by atoms with Crippen LogP contribution in [0.5, 0.6) is 0 Å². The third-order valence-corrected chi connectivity index (χ3v) is 2.64. The standard InChI is InChI=1S/C12H11Cl2O/c13-11-7-6-10(9-12(11)14)5-3-1-2-4-8-15/h3,5-7,9H,1-2,4H2. The molecule has 0 atom stereocenters. The van der Waals surface area contributed by atoms with Crippen molar-refractivity contribution in [1.82, 2.24) is 0 Å². The molecule has 79 valence electrons. The highest BCUT2D eigenvalue weighted by Crippen LogP contribution is 2.23. The molecule has 0 saturated heterocycles. The van der Waals surface area contributed by atoms with Crippen molar-refractivity contribution in [3.8, 4) is 0 Å². The Balaban J connectivity index is 2.49. The molecule has 0 heterocycles. The fraction of sp³-hybridized carbons (Fsp3) is 0.250. The van der Waals surface area contributed by atoms with Crippen LogP contribution in [-0.4, -0.2) is 6.29 Å². The molecule has 0 fully saturated rings. The first-order valence-corrected chi connectivity index (χ1v) is 5.46. The third kappa shape index (κ3) is 4.50. The second kappa shape index (κ2) is 6.65. The number of hydrogen-bond acceptors (Lipinski definition) is 1. The zero-order chi connectivity index (χ0) is 11.1. The van der Waals surface area contributed by atoms with Gasteiger partial charge in [-0.15, -0.1) is 0 Å². The predicted molar refractivity (Wildman–Crippen MR) is 65.0 cm³/mol. The second-order valence-electron chi connectivity index (χ2n) is 3.11. The van der Waals surface area contributed by atoms with Crippen LogP contribution in [0.15, 0.2) is 24.3 Å². The van der Waals surface area contributed by atoms with E-state index in [1.165, 1.54) is 0 Å². The summed E-state index contributed by atoms with van der Waals surface area (Å²) in [5.74, 6) is 0. The zero-order valence-corrected chi connectivity index (χ0v) is 9.68. The Morgan fingerprint density at radius 2 is 2.07 bits per heavy atom. The summed E-state index contributed by atoms with van der Waals surface area (Å²) in [5.41, 5.74) is 1.01. The van der Waals surface area contributed by atoms with Crippen LogP contribution in [0.3, 0.4) is 0 Å². The molecular formula is C12H11Cl2O. The Labute approximate surface area is 99.7 Å². The molecule has 0 aliphatic rings. The maximum Gasteiger partial charge on any atom is 0.198 e. The lowest BCUT2D eigenvalue weighted by Gasteiger charge is -1.97. The number of benzene rings is 1. The van der Waals surface area contributed by atoms with Gasteiger partial charge in [0.25, 0.3) is 0 Å². The second-order valence-corrected chi connectivity index (χ2v) is 3.93. The minimum atomic E-state index is 0.492. The maximum absolute atomic E-state index is 9.94. The van der Waals surface area contributed by atoms with Crippen molar-refractivity contribution >= 4 is 35.6 Å². The van der Waals surface area contributed by atoms with Crippen LogP contribution in [0.25, 0.3) is 6.08 Å². The van der Waals surface area contributed by atoms with Crippen LogP contribution in [0.1, 0.15) is 24.8 Å². The van der Waals surface area contributed by atoms with Crippen LogP contribution in [-0.2, 0) is 4.79 Å². The highest BCUT2D eigenvalue weighted by atomic mass is 35.5. The maximum atomic E-state index is 9.94. The first-order chi connectivity index (χ1) is 7.24. The molecule has 0 saturated carbocycles. The smallest absolute Gasteiger partial charge is 0.198 e. The van der Waals surface area contributed by atoms with E-state index in [4.69, 9.17) is 23.2 Å². The number of unbranched alkanes of at least 4 members (excludes halogenated alkanes) is 2. The molecule has 0 bridgehead atoms. The van der Waals surface area contributed by atoms with Gasteiger partial charge in [-0.2, -0.15) is 0 Å². The van der Waals surface area contributed by atoms with E-state index < -0.39 is 0 Å². The summed E-state index contributed by atoms with van der Waals surface area (Å²) < 4.78 is 0. The monoisotopic (exact) mass is 241 g/mol. The average molecular weight is 242 g/mol. The fourth-order valence-corrected chi connectivity index (χ4v) is 1.43. The molecule has 0 unspecified atom stereocenters. The topological polar surface area (TPSA) is 17.1 Å². The molecule has 1 rings (SSSR count). The van der Waals surface area contributed by atoms with Crippen molar-refractivity contribution in [2.24, 2.45) is 0 Å². The Morgan fingerprint density at radius 1 is 1.27 bits per heavy atom. The van der Waals surface area contributed by atoms with Crippen molar-refractivity contribution in [3.63, 3.8) is 0 Å². The molecule has 0 N–H and O–H groups in total. The van der Waals surface area contributed by atoms with Gasteiger partial charge in [-0.05, 0) is 30.5 Å². The van der Waals surface area contributed by atoms with Crippen molar-refractivity contribution in [1.29, 1.82) is 0 Å². The van der Waals surface area contributed by atoms with E-state index in [1.54, 1.807) is 6.07 Å². The van der Waals surface area contributed by atoms with Crippen molar-refractivity contribution < 1.29 is 4.79 Å². The van der Waals surface area contributed by atoms with Gasteiger partial charge in [-0.3, -0.25) is 4.79 Å². The van der Waals surface area contributed by atoms with Crippen LogP contribution >= 0.6 is 23.2 Å². The van der Waals surface area contributed by atoms with Crippen molar-refractivity contribution in [2.45, 2.75) is 19.3 Å². The predicted octanol–water partition coefficient (Wildman–Crippen LogP) is 4.29. The van der Waals surface area contributed by atoms with Crippen molar-refractivity contribution in [2.75, 3.05) is 0 Å². The van der Waals surface area contributed by atoms with Gasteiger partial charge in [0.1, 0.15) is 0 Å². The number of halogens is 2. The highest BCUT2D eigenvalue weighted by molar-refractivity contribution is 6.42. The van der Waals surface area contributed by atoms with E-state index in [2.05, 4.69) is 0 Å². The number of carbonyl (C=O) groups excluding carboxylic acids is 1. The minimum absolute atomic E-state index is 0.492. The highest BCUT2D eigenvalue weighted by Gasteiger charge is 1.96. The molecule has 0 aromatic heterocycles. The Kier molecular flexibility index (Phi) is 5.44. The number of allylic oxidation sites excluding steroid dienone is 1. The van der Waals surface area contributed by atoms with Gasteiger partial charge >= 0.3 is 0 Å². The molecule has 1 radical (unpaired) electrons. The lowest BCUT2D eigenvalue weighted by Crippen LogP contribution is -1.75. The molecule has 1 aromatic rings. The quantitative estimate of drug-likeness (QED) is 0.704. The van der Waals surface area contributed by atoms with Gasteiger partial charge in [0.05, 0.1) is 10.0 Å². The Bertz CT molecular complexity index is 359. The average Bonchev–Trinajstić information content (AvgIpc) is 2.23. The van der Waals surface area contributed by atoms with Gasteiger partial charge in [0.15, 0.2) is 6.29 Å². The van der Waals surface area contributed by atoms with E-state index in [9.17, 15) is 4.79 Å². The van der Waals surface area contributed by atoms with Gasteiger partial charge in [0, 0.05) is 6.42 Å². The summed E-state index contributed by atoms with van der Waals surface area (Å²) in [6, 6.07) is 5.48. The molecule has 0 aliphatic carbocycles. The summed E-state index contributed by atoms with van der Waals surface area (Å²) in [6.07, 6.45) is 8.03. The molecule has 0 amide bonds. The van der Waals surface area contributed by atoms with Gasteiger partial charge < -0.3 is 0 Å². The molecule has 0 aliphatic heterocycles. The summed E-state index contributed by atoms with van der Waals surface area (Å²) in [7, 11) is 0. The van der Waals surface area contributed by atoms with E-state index in [-0.39, 0.29) is 0 Å². The van der Waals surface area contributed by atoms with E-state index in [0.717, 1.165) is 18.4 Å². The Morgan fingerprint density at radius 3 is 2.73 bits per heavy atom. The van der Waals surface area contributed by atoms with Gasteiger partial charge in [-0.1, -0.05) is 41.4 Å². The van der Waals surface area contributed by atoms with Crippen LogP contribution in [0, 0.1) is 0 Å². The zero-order valence-electron chi connectivity index (χ0n) is 8.17. The van der Waals surface area contributed by atoms with Crippen LogP contribution in [0.2, 0.25) is 10.0 Å². The number of rotatable bonds is 5. The van der Waals surface area contributed by atoms with Gasteiger partial charge in [-0.25, -0.2) is 0 Å². The molecule has 3 heteroatoms. The fourth-order valence-electron chi connectivity index (χ4n) is 1.13. The minimum Gasteiger partial charge on any atom is -0.291 e. The molecule has 15 heavy (non-hydrogen) atoms. The number of hydrogen-bond donors (Lipinski definition) is 0. The summed E-state index contributed by atoms with van der Waals surface area (Å²) in [4.78, 5) is 9.94. The molecule has 1 aromatic carbocycles. The summed E-state index contributed by atoms with van der Waals surface area (Å²) in [5, 5.41) is 1.12. The third-order valence-electron chi connectivity index (χ3n) is 1.90. The van der Waals surface area contributed by atoms with Crippen LogP contribution in [0.4, 0.5) is 0 Å². The van der Waals surface area contributed by atoms with Gasteiger partial charge in [0.2, 0.25) is 0 Å². The van der Waals surface area contributed by atoms with E-state index in [1.807, 2.05) is 30.6 Å². The molecule has 0 spiro atoms. The lowest BCUT2D eigenvalue weighted by molar-refractivity contribution is 0.549. The first-order valence-electron chi connectivity index (χ1n) is 4.70. The van der Waals surface area contributed by atoms with Crippen molar-refractivity contribution in [3.05, 3.63) is 39.9 Å². The molecule has 1 nitrogen and oxygen atoms in total. The molecular weight excluding hydrogens is 231 g/mol. The van der Waals surface area contributed by atoms with E-state index >= 15 is 0 Å². The summed E-state index contributed by atoms with van der Waals surface area (Å²) >= 11 is 11.6. The lowest BCUT2D eigenvalue weighted by atomic mass is 10.2. The Hall–Kier alpha value is -0.790. The van der Waals surface area contributed by atoms with E-state index in [0.29, 0.717) is 16.5 Å². The first kappa shape index (κ1) is 12.3. The SMILES string of the molecule is O=[C]CCCC=Cc1ccc(Cl)c(Cl)c1. The largest absolute Gasteiger partial charge is 0.291 e.